The molecule has 0 fully saturated rings. The first-order valence-electron chi connectivity index (χ1n) is 9.63. The molecule has 0 atom stereocenters. The summed E-state index contributed by atoms with van der Waals surface area (Å²) >= 11 is 6.21. The minimum absolute atomic E-state index is 0.0865. The summed E-state index contributed by atoms with van der Waals surface area (Å²) in [5.41, 5.74) is 1.32. The molecule has 0 saturated heterocycles. The van der Waals surface area contributed by atoms with Gasteiger partial charge in [-0.15, -0.1) is 0 Å². The van der Waals surface area contributed by atoms with E-state index in [-0.39, 0.29) is 5.91 Å². The smallest absolute Gasteiger partial charge is 0.255 e. The number of unbranched alkanes of at least 4 members (excludes halogenated alkanes) is 1. The number of aromatic nitrogens is 2. The molecule has 29 heavy (non-hydrogen) atoms. The molecule has 1 heterocycles. The third kappa shape index (κ3) is 5.35. The van der Waals surface area contributed by atoms with Gasteiger partial charge in [0.2, 0.25) is 11.7 Å². The Morgan fingerprint density at radius 1 is 1.17 bits per heavy atom. The number of rotatable bonds is 9. The largest absolute Gasteiger partial charge is 0.497 e. The van der Waals surface area contributed by atoms with Crippen molar-refractivity contribution in [3.05, 3.63) is 65.0 Å². The topological polar surface area (TPSA) is 68.5 Å². The zero-order valence-corrected chi connectivity index (χ0v) is 17.4. The highest BCUT2D eigenvalue weighted by Gasteiger charge is 2.19. The van der Waals surface area contributed by atoms with Gasteiger partial charge in [0.25, 0.3) is 5.91 Å². The van der Waals surface area contributed by atoms with Crippen LogP contribution in [0.2, 0.25) is 5.02 Å². The van der Waals surface area contributed by atoms with Crippen LogP contribution in [0.15, 0.2) is 53.1 Å². The Morgan fingerprint density at radius 2 is 2.00 bits per heavy atom. The number of amides is 1. The maximum absolute atomic E-state index is 13.0. The predicted molar refractivity (Wildman–Crippen MR) is 112 cm³/mol. The lowest BCUT2D eigenvalue weighted by Crippen LogP contribution is -2.34. The summed E-state index contributed by atoms with van der Waals surface area (Å²) in [4.78, 5) is 19.2. The van der Waals surface area contributed by atoms with Crippen LogP contribution >= 0.6 is 11.6 Å². The fourth-order valence-corrected chi connectivity index (χ4v) is 3.15. The summed E-state index contributed by atoms with van der Waals surface area (Å²) in [6.45, 7) is 3.22. The van der Waals surface area contributed by atoms with Crippen LogP contribution in [0, 0.1) is 0 Å². The van der Waals surface area contributed by atoms with Gasteiger partial charge in [-0.2, -0.15) is 4.98 Å². The van der Waals surface area contributed by atoms with Gasteiger partial charge in [-0.05, 0) is 30.7 Å². The van der Waals surface area contributed by atoms with Gasteiger partial charge in [-0.25, -0.2) is 0 Å². The van der Waals surface area contributed by atoms with Crippen molar-refractivity contribution in [2.45, 2.75) is 26.2 Å². The molecular formula is C22H24ClN3O3. The molecule has 0 saturated carbocycles. The molecule has 0 radical (unpaired) electrons. The second-order valence-corrected chi connectivity index (χ2v) is 7.03. The number of nitrogens with zero attached hydrogens (tertiary/aromatic N) is 3. The van der Waals surface area contributed by atoms with E-state index < -0.39 is 0 Å². The Balaban J connectivity index is 1.70. The van der Waals surface area contributed by atoms with Crippen molar-refractivity contribution in [1.82, 2.24) is 15.0 Å². The Morgan fingerprint density at radius 3 is 2.76 bits per heavy atom. The third-order valence-electron chi connectivity index (χ3n) is 4.56. The van der Waals surface area contributed by atoms with E-state index >= 15 is 0 Å². The van der Waals surface area contributed by atoms with Gasteiger partial charge < -0.3 is 14.2 Å². The fourth-order valence-electron chi connectivity index (χ4n) is 2.94. The molecule has 1 aromatic heterocycles. The molecule has 0 aliphatic heterocycles. The molecule has 0 spiro atoms. The van der Waals surface area contributed by atoms with Crippen LogP contribution in [0.3, 0.4) is 0 Å². The van der Waals surface area contributed by atoms with Crippen molar-refractivity contribution in [3.63, 3.8) is 0 Å². The van der Waals surface area contributed by atoms with Crippen LogP contribution < -0.4 is 4.74 Å². The van der Waals surface area contributed by atoms with Gasteiger partial charge in [0, 0.05) is 25.1 Å². The summed E-state index contributed by atoms with van der Waals surface area (Å²) in [6, 6.07) is 14.6. The lowest BCUT2D eigenvalue weighted by Gasteiger charge is -2.22. The van der Waals surface area contributed by atoms with Crippen molar-refractivity contribution in [2.24, 2.45) is 0 Å². The second-order valence-electron chi connectivity index (χ2n) is 6.62. The van der Waals surface area contributed by atoms with Crippen LogP contribution in [0.1, 0.15) is 36.0 Å². The predicted octanol–water partition coefficient (Wildman–Crippen LogP) is 4.88. The average molecular weight is 414 g/mol. The van der Waals surface area contributed by atoms with Crippen molar-refractivity contribution in [2.75, 3.05) is 20.2 Å². The first-order valence-corrected chi connectivity index (χ1v) is 10.0. The molecule has 1 amide bonds. The number of methoxy groups -OCH3 is 1. The van der Waals surface area contributed by atoms with Gasteiger partial charge in [-0.3, -0.25) is 4.79 Å². The molecule has 3 rings (SSSR count). The highest BCUT2D eigenvalue weighted by Crippen LogP contribution is 2.22. The monoisotopic (exact) mass is 413 g/mol. The van der Waals surface area contributed by atoms with Gasteiger partial charge in [0.1, 0.15) is 5.75 Å². The van der Waals surface area contributed by atoms with Crippen LogP contribution in [0.25, 0.3) is 11.4 Å². The number of benzene rings is 2. The molecule has 0 aliphatic rings. The lowest BCUT2D eigenvalue weighted by atomic mass is 10.1. The minimum Gasteiger partial charge on any atom is -0.497 e. The summed E-state index contributed by atoms with van der Waals surface area (Å²) in [5, 5.41) is 4.51. The molecule has 152 valence electrons. The van der Waals surface area contributed by atoms with Crippen LogP contribution in [-0.4, -0.2) is 41.1 Å². The summed E-state index contributed by atoms with van der Waals surface area (Å²) in [6.07, 6.45) is 2.37. The zero-order valence-electron chi connectivity index (χ0n) is 16.6. The van der Waals surface area contributed by atoms with Gasteiger partial charge in [-0.1, -0.05) is 54.4 Å². The van der Waals surface area contributed by atoms with E-state index in [1.54, 1.807) is 24.1 Å². The van der Waals surface area contributed by atoms with E-state index in [2.05, 4.69) is 17.1 Å². The standard InChI is InChI=1S/C22H24ClN3O3/c1-3-4-13-26(22(27)18-10-5-6-11-19(18)23)14-12-20-24-21(25-29-20)16-8-7-9-17(15-16)28-2/h5-11,15H,3-4,12-14H2,1-2H3. The van der Waals surface area contributed by atoms with Crippen molar-refractivity contribution < 1.29 is 14.1 Å². The number of carbonyl (C=O) groups is 1. The van der Waals surface area contributed by atoms with Crippen molar-refractivity contribution >= 4 is 17.5 Å². The number of ether oxygens (including phenoxy) is 1. The maximum atomic E-state index is 13.0. The molecule has 6 nitrogen and oxygen atoms in total. The van der Waals surface area contributed by atoms with E-state index in [1.165, 1.54) is 0 Å². The first kappa shape index (κ1) is 20.9. The van der Waals surface area contributed by atoms with E-state index in [0.717, 1.165) is 24.2 Å². The highest BCUT2D eigenvalue weighted by molar-refractivity contribution is 6.33. The van der Waals surface area contributed by atoms with Gasteiger partial charge >= 0.3 is 0 Å². The molecule has 0 unspecified atom stereocenters. The zero-order chi connectivity index (χ0) is 20.6. The molecule has 0 bridgehead atoms. The molecule has 7 heteroatoms. The summed E-state index contributed by atoms with van der Waals surface area (Å²) < 4.78 is 10.6. The normalized spacial score (nSPS) is 10.7. The molecule has 0 aliphatic carbocycles. The van der Waals surface area contributed by atoms with Crippen LogP contribution in [0.4, 0.5) is 0 Å². The summed E-state index contributed by atoms with van der Waals surface area (Å²) in [7, 11) is 1.61. The second kappa shape index (κ2) is 10.1. The van der Waals surface area contributed by atoms with Crippen LogP contribution in [0.5, 0.6) is 5.75 Å². The maximum Gasteiger partial charge on any atom is 0.255 e. The van der Waals surface area contributed by atoms with Crippen molar-refractivity contribution in [1.29, 1.82) is 0 Å². The molecule has 3 aromatic rings. The molecular weight excluding hydrogens is 390 g/mol. The van der Waals surface area contributed by atoms with Crippen LogP contribution in [-0.2, 0) is 6.42 Å². The Kier molecular flexibility index (Phi) is 7.25. The molecule has 0 N–H and O–H groups in total. The average Bonchev–Trinajstić information content (AvgIpc) is 3.23. The van der Waals surface area contributed by atoms with Gasteiger partial charge in [0.15, 0.2) is 0 Å². The van der Waals surface area contributed by atoms with E-state index in [4.69, 9.17) is 20.9 Å². The quantitative estimate of drug-likeness (QED) is 0.500. The number of carbonyl (C=O) groups excluding carboxylic acids is 1. The van der Waals surface area contributed by atoms with Crippen molar-refractivity contribution in [3.8, 4) is 17.1 Å². The Hall–Kier alpha value is -2.86. The molecule has 2 aromatic carbocycles. The van der Waals surface area contributed by atoms with E-state index in [1.807, 2.05) is 36.4 Å². The van der Waals surface area contributed by atoms with E-state index in [0.29, 0.717) is 41.8 Å². The van der Waals surface area contributed by atoms with Gasteiger partial charge in [0.05, 0.1) is 17.7 Å². The van der Waals surface area contributed by atoms with E-state index in [9.17, 15) is 4.79 Å². The Bertz CT molecular complexity index is 958. The number of hydrogen-bond acceptors (Lipinski definition) is 5. The first-order chi connectivity index (χ1) is 14.1. The summed E-state index contributed by atoms with van der Waals surface area (Å²) in [5.74, 6) is 1.62. The number of hydrogen-bond donors (Lipinski definition) is 0. The SMILES string of the molecule is CCCCN(CCc1nc(-c2cccc(OC)c2)no1)C(=O)c1ccccc1Cl. The highest BCUT2D eigenvalue weighted by atomic mass is 35.5. The lowest BCUT2D eigenvalue weighted by molar-refractivity contribution is 0.0752. The Labute approximate surface area is 175 Å². The third-order valence-corrected chi connectivity index (χ3v) is 4.89. The fraction of sp³-hybridized carbons (Fsp3) is 0.318. The minimum atomic E-state index is -0.0865. The number of halogens is 1.